The van der Waals surface area contributed by atoms with Gasteiger partial charge in [0, 0.05) is 12.0 Å². The van der Waals surface area contributed by atoms with Crippen molar-refractivity contribution in [2.24, 2.45) is 5.16 Å². The monoisotopic (exact) mass is 263 g/mol. The Bertz CT molecular complexity index is 526. The van der Waals surface area contributed by atoms with Crippen molar-refractivity contribution in [3.8, 4) is 0 Å². The maximum atomic E-state index is 11.6. The Balaban J connectivity index is 1.94. The second kappa shape index (κ2) is 4.39. The number of halogens is 1. The number of hydrogen-bond donors (Lipinski definition) is 0. The highest BCUT2D eigenvalue weighted by molar-refractivity contribution is 6.49. The summed E-state index contributed by atoms with van der Waals surface area (Å²) in [5.41, 5.74) is 2.53. The fourth-order valence-corrected chi connectivity index (χ4v) is 3.02. The molecule has 0 radical (unpaired) electrons. The van der Waals surface area contributed by atoms with Gasteiger partial charge >= 0.3 is 0 Å². The Hall–Kier alpha value is -1.35. The van der Waals surface area contributed by atoms with E-state index in [4.69, 9.17) is 16.4 Å². The molecule has 0 bridgehead atoms. The van der Waals surface area contributed by atoms with E-state index in [1.807, 2.05) is 12.1 Å². The lowest BCUT2D eigenvalue weighted by Gasteiger charge is -2.33. The Kier molecular flexibility index (Phi) is 2.86. The van der Waals surface area contributed by atoms with Crippen LogP contribution in [0.15, 0.2) is 29.4 Å². The first-order valence-electron chi connectivity index (χ1n) is 6.18. The van der Waals surface area contributed by atoms with Crippen molar-refractivity contribution < 1.29 is 9.63 Å². The molecule has 1 heterocycles. The molecule has 18 heavy (non-hydrogen) atoms. The van der Waals surface area contributed by atoms with Crippen molar-refractivity contribution in [1.82, 2.24) is 0 Å². The SMILES string of the molecule is O=C(CCl)C1=NOC2(CCCc3ccccc32)C1. The van der Waals surface area contributed by atoms with E-state index in [1.165, 1.54) is 11.1 Å². The van der Waals surface area contributed by atoms with E-state index in [0.29, 0.717) is 12.1 Å². The molecule has 0 saturated carbocycles. The van der Waals surface area contributed by atoms with Gasteiger partial charge in [-0.15, -0.1) is 11.6 Å². The Labute approximate surface area is 111 Å². The van der Waals surface area contributed by atoms with E-state index in [-0.39, 0.29) is 11.7 Å². The van der Waals surface area contributed by atoms with Crippen LogP contribution < -0.4 is 0 Å². The number of hydrogen-bond acceptors (Lipinski definition) is 3. The number of carbonyl (C=O) groups excluding carboxylic acids is 1. The number of carbonyl (C=O) groups is 1. The van der Waals surface area contributed by atoms with Crippen LogP contribution in [0, 0.1) is 0 Å². The highest BCUT2D eigenvalue weighted by Gasteiger charge is 2.45. The molecule has 1 aromatic carbocycles. The third-order valence-electron chi connectivity index (χ3n) is 3.76. The summed E-state index contributed by atoms with van der Waals surface area (Å²) in [7, 11) is 0. The van der Waals surface area contributed by atoms with Crippen LogP contribution in [-0.4, -0.2) is 17.4 Å². The van der Waals surface area contributed by atoms with E-state index in [0.717, 1.165) is 19.3 Å². The van der Waals surface area contributed by atoms with Crippen LogP contribution in [0.2, 0.25) is 0 Å². The second-order valence-electron chi connectivity index (χ2n) is 4.87. The normalized spacial score (nSPS) is 25.5. The molecule has 0 amide bonds. The highest BCUT2D eigenvalue weighted by atomic mass is 35.5. The van der Waals surface area contributed by atoms with Crippen molar-refractivity contribution in [2.45, 2.75) is 31.3 Å². The molecule has 3 rings (SSSR count). The van der Waals surface area contributed by atoms with Crippen molar-refractivity contribution in [3.63, 3.8) is 0 Å². The molecule has 1 aliphatic carbocycles. The second-order valence-corrected chi connectivity index (χ2v) is 5.14. The van der Waals surface area contributed by atoms with Gasteiger partial charge in [-0.2, -0.15) is 0 Å². The summed E-state index contributed by atoms with van der Waals surface area (Å²) in [5.74, 6) is -0.156. The van der Waals surface area contributed by atoms with E-state index in [9.17, 15) is 4.79 Å². The summed E-state index contributed by atoms with van der Waals surface area (Å²) in [6, 6.07) is 8.26. The smallest absolute Gasteiger partial charge is 0.195 e. The maximum absolute atomic E-state index is 11.6. The summed E-state index contributed by atoms with van der Waals surface area (Å²) >= 11 is 5.57. The van der Waals surface area contributed by atoms with Gasteiger partial charge in [0.25, 0.3) is 0 Å². The van der Waals surface area contributed by atoms with Crippen LogP contribution in [0.5, 0.6) is 0 Å². The number of alkyl halides is 1. The van der Waals surface area contributed by atoms with E-state index in [1.54, 1.807) is 0 Å². The van der Waals surface area contributed by atoms with Crippen molar-refractivity contribution in [1.29, 1.82) is 0 Å². The van der Waals surface area contributed by atoms with Gasteiger partial charge in [0.2, 0.25) is 0 Å². The van der Waals surface area contributed by atoms with E-state index >= 15 is 0 Å². The predicted octanol–water partition coefficient (Wildman–Crippen LogP) is 2.80. The van der Waals surface area contributed by atoms with Crippen LogP contribution >= 0.6 is 11.6 Å². The molecule has 0 saturated heterocycles. The summed E-state index contributed by atoms with van der Waals surface area (Å²) in [4.78, 5) is 17.3. The number of rotatable bonds is 2. The van der Waals surface area contributed by atoms with Gasteiger partial charge in [0.15, 0.2) is 11.4 Å². The Morgan fingerprint density at radius 1 is 1.44 bits per heavy atom. The lowest BCUT2D eigenvalue weighted by atomic mass is 9.76. The Morgan fingerprint density at radius 3 is 3.11 bits per heavy atom. The molecular weight excluding hydrogens is 250 g/mol. The quantitative estimate of drug-likeness (QED) is 0.770. The molecule has 4 heteroatoms. The van der Waals surface area contributed by atoms with E-state index < -0.39 is 5.60 Å². The molecule has 0 N–H and O–H groups in total. The van der Waals surface area contributed by atoms with Gasteiger partial charge in [-0.25, -0.2) is 0 Å². The average molecular weight is 264 g/mol. The molecule has 1 atom stereocenters. The standard InChI is InChI=1S/C14H14ClNO2/c15-9-13(17)12-8-14(18-16-12)7-3-5-10-4-1-2-6-11(10)14/h1-2,4,6H,3,5,7-9H2. The molecule has 1 spiro atoms. The molecular formula is C14H14ClNO2. The van der Waals surface area contributed by atoms with Gasteiger partial charge in [0.1, 0.15) is 5.71 Å². The average Bonchev–Trinajstić information content (AvgIpc) is 2.83. The van der Waals surface area contributed by atoms with Crippen LogP contribution in [0.25, 0.3) is 0 Å². The van der Waals surface area contributed by atoms with Crippen molar-refractivity contribution >= 4 is 23.1 Å². The number of Topliss-reactive ketones (excluding diaryl/α,β-unsaturated/α-hetero) is 1. The number of oxime groups is 1. The molecule has 94 valence electrons. The third-order valence-corrected chi connectivity index (χ3v) is 4.00. The summed E-state index contributed by atoms with van der Waals surface area (Å²) in [6.07, 6.45) is 3.59. The Morgan fingerprint density at radius 2 is 2.28 bits per heavy atom. The lowest BCUT2D eigenvalue weighted by molar-refractivity contribution is -0.110. The zero-order valence-electron chi connectivity index (χ0n) is 9.99. The predicted molar refractivity (Wildman–Crippen MR) is 69.9 cm³/mol. The molecule has 3 nitrogen and oxygen atoms in total. The first kappa shape index (κ1) is 11.7. The lowest BCUT2D eigenvalue weighted by Crippen LogP contribution is -2.32. The minimum absolute atomic E-state index is 0.0279. The van der Waals surface area contributed by atoms with Gasteiger partial charge in [-0.05, 0) is 24.8 Å². The summed E-state index contributed by atoms with van der Waals surface area (Å²) < 4.78 is 0. The van der Waals surface area contributed by atoms with Gasteiger partial charge in [0.05, 0.1) is 5.88 Å². The van der Waals surface area contributed by atoms with Gasteiger partial charge in [-0.1, -0.05) is 29.4 Å². The number of fused-ring (bicyclic) bond motifs is 2. The largest absolute Gasteiger partial charge is 0.384 e. The van der Waals surface area contributed by atoms with Crippen LogP contribution in [0.1, 0.15) is 30.4 Å². The number of benzene rings is 1. The molecule has 0 fully saturated rings. The zero-order chi connectivity index (χ0) is 12.6. The molecule has 1 aromatic rings. The topological polar surface area (TPSA) is 38.7 Å². The van der Waals surface area contributed by atoms with Crippen molar-refractivity contribution in [3.05, 3.63) is 35.4 Å². The minimum Gasteiger partial charge on any atom is -0.384 e. The summed E-state index contributed by atoms with van der Waals surface area (Å²) in [6.45, 7) is 0. The van der Waals surface area contributed by atoms with Crippen LogP contribution in [0.3, 0.4) is 0 Å². The molecule has 1 unspecified atom stereocenters. The number of aryl methyl sites for hydroxylation is 1. The third kappa shape index (κ3) is 1.74. The first-order chi connectivity index (χ1) is 8.75. The maximum Gasteiger partial charge on any atom is 0.195 e. The van der Waals surface area contributed by atoms with Gasteiger partial charge in [-0.3, -0.25) is 4.79 Å². The van der Waals surface area contributed by atoms with Crippen LogP contribution in [0.4, 0.5) is 0 Å². The first-order valence-corrected chi connectivity index (χ1v) is 6.71. The van der Waals surface area contributed by atoms with Gasteiger partial charge < -0.3 is 4.84 Å². The van der Waals surface area contributed by atoms with Crippen molar-refractivity contribution in [2.75, 3.05) is 5.88 Å². The highest BCUT2D eigenvalue weighted by Crippen LogP contribution is 2.44. The van der Waals surface area contributed by atoms with Crippen LogP contribution in [-0.2, 0) is 21.7 Å². The fraction of sp³-hybridized carbons (Fsp3) is 0.429. The van der Waals surface area contributed by atoms with E-state index in [2.05, 4.69) is 17.3 Å². The molecule has 0 aromatic heterocycles. The zero-order valence-corrected chi connectivity index (χ0v) is 10.7. The fourth-order valence-electron chi connectivity index (χ4n) is 2.86. The number of ketones is 1. The molecule has 1 aliphatic heterocycles. The summed E-state index contributed by atoms with van der Waals surface area (Å²) in [5, 5.41) is 3.96. The minimum atomic E-state index is -0.425. The number of nitrogens with zero attached hydrogens (tertiary/aromatic N) is 1. The molecule has 2 aliphatic rings.